The molecule has 2 aromatic carbocycles. The second-order valence-corrected chi connectivity index (χ2v) is 4.75. The summed E-state index contributed by atoms with van der Waals surface area (Å²) < 4.78 is 13.0. The summed E-state index contributed by atoms with van der Waals surface area (Å²) in [5.41, 5.74) is 1.82. The van der Waals surface area contributed by atoms with Gasteiger partial charge in [-0.25, -0.2) is 9.18 Å². The largest absolute Gasteiger partial charge is 0.396 e. The van der Waals surface area contributed by atoms with E-state index in [9.17, 15) is 9.18 Å². The van der Waals surface area contributed by atoms with Gasteiger partial charge in [-0.1, -0.05) is 29.8 Å². The Kier molecular flexibility index (Phi) is 5.14. The molecule has 0 saturated heterocycles. The molecule has 0 aliphatic rings. The van der Waals surface area contributed by atoms with Gasteiger partial charge in [0.05, 0.1) is 5.02 Å². The number of aliphatic hydroxyl groups is 1. The molecule has 0 aliphatic heterocycles. The molecule has 4 nitrogen and oxygen atoms in total. The van der Waals surface area contributed by atoms with Gasteiger partial charge >= 0.3 is 6.03 Å². The van der Waals surface area contributed by atoms with Crippen molar-refractivity contribution in [3.05, 3.63) is 58.9 Å². The van der Waals surface area contributed by atoms with Crippen LogP contribution in [-0.4, -0.2) is 17.7 Å². The number of halogens is 2. The molecular weight excluding hydrogens is 295 g/mol. The predicted octanol–water partition coefficient (Wildman–Crippen LogP) is 3.66. The second kappa shape index (κ2) is 7.06. The summed E-state index contributed by atoms with van der Waals surface area (Å²) in [7, 11) is 0. The molecule has 3 N–H and O–H groups in total. The van der Waals surface area contributed by atoms with Gasteiger partial charge in [0.25, 0.3) is 0 Å². The zero-order valence-electron chi connectivity index (χ0n) is 11.1. The Hall–Kier alpha value is -2.11. The van der Waals surface area contributed by atoms with E-state index >= 15 is 0 Å². The zero-order valence-corrected chi connectivity index (χ0v) is 11.8. The molecule has 110 valence electrons. The third-order valence-electron chi connectivity index (χ3n) is 2.82. The molecule has 0 radical (unpaired) electrons. The van der Waals surface area contributed by atoms with E-state index in [-0.39, 0.29) is 11.6 Å². The number of carbonyl (C=O) groups excluding carboxylic acids is 1. The standard InChI is InChI=1S/C15H14ClFN2O2/c16-12-9-11(5-6-13(12)17)18-15(21)19-14-4-2-1-3-10(14)7-8-20/h1-6,9,20H,7-8H2,(H2,18,19,21). The summed E-state index contributed by atoms with van der Waals surface area (Å²) in [6.45, 7) is -0.00607. The first kappa shape index (κ1) is 15.3. The molecule has 0 aromatic heterocycles. The van der Waals surface area contributed by atoms with Crippen molar-refractivity contribution in [3.8, 4) is 0 Å². The van der Waals surface area contributed by atoms with Crippen LogP contribution in [0.4, 0.5) is 20.6 Å². The molecule has 6 heteroatoms. The predicted molar refractivity (Wildman–Crippen MR) is 81.3 cm³/mol. The fraction of sp³-hybridized carbons (Fsp3) is 0.133. The van der Waals surface area contributed by atoms with Crippen LogP contribution >= 0.6 is 11.6 Å². The number of benzene rings is 2. The summed E-state index contributed by atoms with van der Waals surface area (Å²) >= 11 is 5.65. The minimum Gasteiger partial charge on any atom is -0.396 e. The van der Waals surface area contributed by atoms with E-state index in [1.165, 1.54) is 18.2 Å². The maximum absolute atomic E-state index is 13.0. The fourth-order valence-corrected chi connectivity index (χ4v) is 2.02. The summed E-state index contributed by atoms with van der Waals surface area (Å²) in [6.07, 6.45) is 0.443. The molecule has 0 fully saturated rings. The lowest BCUT2D eigenvalue weighted by molar-refractivity contribution is 0.262. The minimum absolute atomic E-state index is 0.00607. The number of carbonyl (C=O) groups is 1. The molecule has 0 aliphatic carbocycles. The lowest BCUT2D eigenvalue weighted by Gasteiger charge is -2.11. The van der Waals surface area contributed by atoms with Gasteiger partial charge in [0, 0.05) is 18.0 Å². The molecule has 0 bridgehead atoms. The lowest BCUT2D eigenvalue weighted by atomic mass is 10.1. The van der Waals surface area contributed by atoms with Crippen LogP contribution in [0.5, 0.6) is 0 Å². The maximum Gasteiger partial charge on any atom is 0.323 e. The molecule has 2 aromatic rings. The Morgan fingerprint density at radius 2 is 1.95 bits per heavy atom. The number of para-hydroxylation sites is 1. The average molecular weight is 309 g/mol. The Labute approximate surface area is 126 Å². The number of amides is 2. The topological polar surface area (TPSA) is 61.4 Å². The number of hydrogen-bond acceptors (Lipinski definition) is 2. The highest BCUT2D eigenvalue weighted by molar-refractivity contribution is 6.31. The maximum atomic E-state index is 13.0. The molecule has 2 amide bonds. The van der Waals surface area contributed by atoms with Gasteiger partial charge in [-0.15, -0.1) is 0 Å². The van der Waals surface area contributed by atoms with Crippen LogP contribution in [0, 0.1) is 5.82 Å². The van der Waals surface area contributed by atoms with Crippen LogP contribution in [0.3, 0.4) is 0 Å². The monoisotopic (exact) mass is 308 g/mol. The lowest BCUT2D eigenvalue weighted by Crippen LogP contribution is -2.20. The average Bonchev–Trinajstić information content (AvgIpc) is 2.45. The highest BCUT2D eigenvalue weighted by Crippen LogP contribution is 2.20. The van der Waals surface area contributed by atoms with Crippen molar-refractivity contribution < 1.29 is 14.3 Å². The number of aliphatic hydroxyl groups excluding tert-OH is 1. The summed E-state index contributed by atoms with van der Waals surface area (Å²) in [5, 5.41) is 14.2. The fourth-order valence-electron chi connectivity index (χ4n) is 1.84. The highest BCUT2D eigenvalue weighted by Gasteiger charge is 2.08. The molecule has 0 saturated carbocycles. The molecule has 0 atom stereocenters. The Morgan fingerprint density at radius 1 is 1.19 bits per heavy atom. The van der Waals surface area contributed by atoms with Gasteiger partial charge in [-0.2, -0.15) is 0 Å². The third kappa shape index (κ3) is 4.18. The Bertz CT molecular complexity index is 649. The Balaban J connectivity index is 2.06. The van der Waals surface area contributed by atoms with E-state index in [2.05, 4.69) is 10.6 Å². The Morgan fingerprint density at radius 3 is 2.67 bits per heavy atom. The molecule has 0 heterocycles. The number of anilines is 2. The molecule has 2 rings (SSSR count). The van der Waals surface area contributed by atoms with E-state index in [0.717, 1.165) is 5.56 Å². The summed E-state index contributed by atoms with van der Waals surface area (Å²) in [6, 6.07) is 10.6. The first-order valence-electron chi connectivity index (χ1n) is 6.32. The number of urea groups is 1. The molecular formula is C15H14ClFN2O2. The quantitative estimate of drug-likeness (QED) is 0.807. The van der Waals surface area contributed by atoms with Crippen LogP contribution < -0.4 is 10.6 Å². The summed E-state index contributed by atoms with van der Waals surface area (Å²) in [4.78, 5) is 11.9. The van der Waals surface area contributed by atoms with Gasteiger partial charge in [-0.05, 0) is 36.2 Å². The van der Waals surface area contributed by atoms with Gasteiger partial charge in [0.1, 0.15) is 5.82 Å². The van der Waals surface area contributed by atoms with Crippen molar-refractivity contribution in [2.75, 3.05) is 17.2 Å². The first-order valence-corrected chi connectivity index (χ1v) is 6.70. The highest BCUT2D eigenvalue weighted by atomic mass is 35.5. The zero-order chi connectivity index (χ0) is 15.2. The van der Waals surface area contributed by atoms with Crippen molar-refractivity contribution in [2.45, 2.75) is 6.42 Å². The first-order chi connectivity index (χ1) is 10.1. The SMILES string of the molecule is O=C(Nc1ccc(F)c(Cl)c1)Nc1ccccc1CCO. The minimum atomic E-state index is -0.545. The van der Waals surface area contributed by atoms with Crippen molar-refractivity contribution in [1.82, 2.24) is 0 Å². The van der Waals surface area contributed by atoms with Crippen molar-refractivity contribution in [1.29, 1.82) is 0 Å². The van der Waals surface area contributed by atoms with Gasteiger partial charge in [-0.3, -0.25) is 0 Å². The molecule has 0 spiro atoms. The molecule has 21 heavy (non-hydrogen) atoms. The van der Waals surface area contributed by atoms with E-state index in [4.69, 9.17) is 16.7 Å². The second-order valence-electron chi connectivity index (χ2n) is 4.34. The van der Waals surface area contributed by atoms with Crippen molar-refractivity contribution in [2.24, 2.45) is 0 Å². The number of rotatable bonds is 4. The van der Waals surface area contributed by atoms with Gasteiger partial charge < -0.3 is 15.7 Å². The molecule has 0 unspecified atom stereocenters. The van der Waals surface area contributed by atoms with Gasteiger partial charge in [0.2, 0.25) is 0 Å². The summed E-state index contributed by atoms with van der Waals surface area (Å²) in [5.74, 6) is -0.545. The van der Waals surface area contributed by atoms with E-state index < -0.39 is 11.8 Å². The number of nitrogens with one attached hydrogen (secondary N) is 2. The van der Waals surface area contributed by atoms with Crippen LogP contribution in [-0.2, 0) is 6.42 Å². The van der Waals surface area contributed by atoms with Gasteiger partial charge in [0.15, 0.2) is 0 Å². The van der Waals surface area contributed by atoms with E-state index in [0.29, 0.717) is 17.8 Å². The van der Waals surface area contributed by atoms with Crippen LogP contribution in [0.1, 0.15) is 5.56 Å². The third-order valence-corrected chi connectivity index (χ3v) is 3.11. The van der Waals surface area contributed by atoms with E-state index in [1.54, 1.807) is 12.1 Å². The van der Waals surface area contributed by atoms with Crippen LogP contribution in [0.2, 0.25) is 5.02 Å². The van der Waals surface area contributed by atoms with Crippen LogP contribution in [0.25, 0.3) is 0 Å². The smallest absolute Gasteiger partial charge is 0.323 e. The van der Waals surface area contributed by atoms with Crippen molar-refractivity contribution in [3.63, 3.8) is 0 Å². The number of hydrogen-bond donors (Lipinski definition) is 3. The van der Waals surface area contributed by atoms with Crippen LogP contribution in [0.15, 0.2) is 42.5 Å². The normalized spacial score (nSPS) is 10.2. The van der Waals surface area contributed by atoms with E-state index in [1.807, 2.05) is 12.1 Å². The van der Waals surface area contributed by atoms with Crippen molar-refractivity contribution >= 4 is 29.0 Å².